The summed E-state index contributed by atoms with van der Waals surface area (Å²) in [4.78, 5) is 11.8. The number of nitrogens with one attached hydrogen (secondary N) is 1. The van der Waals surface area contributed by atoms with E-state index in [0.29, 0.717) is 6.54 Å². The molecule has 0 atom stereocenters. The van der Waals surface area contributed by atoms with Gasteiger partial charge in [-0.3, -0.25) is 4.79 Å². The number of nitrogens with zero attached hydrogens (tertiary/aromatic N) is 1. The lowest BCUT2D eigenvalue weighted by Crippen LogP contribution is -2.18. The minimum absolute atomic E-state index is 0.0297. The fourth-order valence-electron chi connectivity index (χ4n) is 3.37. The van der Waals surface area contributed by atoms with E-state index >= 15 is 0 Å². The molecule has 0 aliphatic heterocycles. The normalized spacial score (nSPS) is 10.9. The summed E-state index contributed by atoms with van der Waals surface area (Å²) in [7, 11) is 0. The maximum Gasteiger partial charge on any atom is 0.250 e. The van der Waals surface area contributed by atoms with E-state index in [9.17, 15) is 4.79 Å². The number of hydrogen-bond donors (Lipinski definition) is 1. The molecule has 1 heterocycles. The SMILES string of the molecule is Cc1cc(C)c(CNCc2ccc(Cn3ccccc3=O)cc2)c(C)c1. The highest BCUT2D eigenvalue weighted by Crippen LogP contribution is 2.16. The van der Waals surface area contributed by atoms with E-state index in [-0.39, 0.29) is 5.56 Å². The van der Waals surface area contributed by atoms with Crippen molar-refractivity contribution < 1.29 is 0 Å². The van der Waals surface area contributed by atoms with Crippen LogP contribution in [-0.4, -0.2) is 4.57 Å². The van der Waals surface area contributed by atoms with Gasteiger partial charge in [0.1, 0.15) is 0 Å². The summed E-state index contributed by atoms with van der Waals surface area (Å²) < 4.78 is 1.72. The molecule has 1 aromatic heterocycles. The summed E-state index contributed by atoms with van der Waals surface area (Å²) in [5, 5.41) is 3.54. The van der Waals surface area contributed by atoms with Gasteiger partial charge in [-0.05, 0) is 54.7 Å². The van der Waals surface area contributed by atoms with Crippen molar-refractivity contribution in [3.63, 3.8) is 0 Å². The highest BCUT2D eigenvalue weighted by atomic mass is 16.1. The molecule has 3 heteroatoms. The van der Waals surface area contributed by atoms with E-state index < -0.39 is 0 Å². The Labute approximate surface area is 155 Å². The van der Waals surface area contributed by atoms with Crippen LogP contribution < -0.4 is 10.9 Å². The van der Waals surface area contributed by atoms with Crippen LogP contribution in [0.25, 0.3) is 0 Å². The number of aryl methyl sites for hydroxylation is 3. The molecule has 1 N–H and O–H groups in total. The number of benzene rings is 2. The Hall–Kier alpha value is -2.65. The van der Waals surface area contributed by atoms with Crippen LogP contribution in [0, 0.1) is 20.8 Å². The molecule has 0 saturated heterocycles. The maximum atomic E-state index is 11.8. The first kappa shape index (κ1) is 18.2. The first-order valence-electron chi connectivity index (χ1n) is 9.03. The second kappa shape index (κ2) is 8.15. The Balaban J connectivity index is 1.58. The number of hydrogen-bond acceptors (Lipinski definition) is 2. The molecule has 2 aromatic carbocycles. The van der Waals surface area contributed by atoms with Gasteiger partial charge in [-0.2, -0.15) is 0 Å². The number of pyridine rings is 1. The molecule has 0 saturated carbocycles. The molecule has 0 radical (unpaired) electrons. The Morgan fingerprint density at radius 1 is 0.846 bits per heavy atom. The predicted octanol–water partition coefficient (Wildman–Crippen LogP) is 4.11. The van der Waals surface area contributed by atoms with Gasteiger partial charge in [-0.1, -0.05) is 48.0 Å². The Morgan fingerprint density at radius 2 is 1.50 bits per heavy atom. The highest BCUT2D eigenvalue weighted by molar-refractivity contribution is 5.37. The standard InChI is InChI=1S/C23H26N2O/c1-17-12-18(2)22(19(3)13-17)15-24-14-20-7-9-21(10-8-20)16-25-11-5-4-6-23(25)26/h4-13,24H,14-16H2,1-3H3. The van der Waals surface area contributed by atoms with E-state index in [1.807, 2.05) is 12.3 Å². The molecule has 0 fully saturated rings. The van der Waals surface area contributed by atoms with Crippen molar-refractivity contribution in [2.75, 3.05) is 0 Å². The van der Waals surface area contributed by atoms with Gasteiger partial charge < -0.3 is 9.88 Å². The monoisotopic (exact) mass is 346 g/mol. The second-order valence-electron chi connectivity index (χ2n) is 6.96. The van der Waals surface area contributed by atoms with Crippen molar-refractivity contribution in [3.05, 3.63) is 105 Å². The largest absolute Gasteiger partial charge is 0.311 e. The van der Waals surface area contributed by atoms with Gasteiger partial charge in [-0.15, -0.1) is 0 Å². The Kier molecular flexibility index (Phi) is 5.69. The maximum absolute atomic E-state index is 11.8. The molecule has 0 aliphatic carbocycles. The van der Waals surface area contributed by atoms with Crippen LogP contribution >= 0.6 is 0 Å². The van der Waals surface area contributed by atoms with Crippen molar-refractivity contribution in [2.45, 2.75) is 40.4 Å². The molecule has 3 nitrogen and oxygen atoms in total. The molecule has 0 aliphatic rings. The molecule has 3 aromatic rings. The molecule has 134 valence electrons. The Bertz CT molecular complexity index is 916. The van der Waals surface area contributed by atoms with Crippen LogP contribution in [0.3, 0.4) is 0 Å². The van der Waals surface area contributed by atoms with Gasteiger partial charge in [0.15, 0.2) is 0 Å². The molecule has 0 spiro atoms. The zero-order valence-corrected chi connectivity index (χ0v) is 15.8. The van der Waals surface area contributed by atoms with Crippen molar-refractivity contribution in [2.24, 2.45) is 0 Å². The van der Waals surface area contributed by atoms with E-state index in [4.69, 9.17) is 0 Å². The average Bonchev–Trinajstić information content (AvgIpc) is 2.60. The first-order valence-corrected chi connectivity index (χ1v) is 9.03. The van der Waals surface area contributed by atoms with Crippen molar-refractivity contribution >= 4 is 0 Å². The molecule has 3 rings (SSSR count). The van der Waals surface area contributed by atoms with Crippen LogP contribution in [0.1, 0.15) is 33.4 Å². The summed E-state index contributed by atoms with van der Waals surface area (Å²) >= 11 is 0. The van der Waals surface area contributed by atoms with Gasteiger partial charge in [0.2, 0.25) is 0 Å². The van der Waals surface area contributed by atoms with Crippen molar-refractivity contribution in [3.8, 4) is 0 Å². The lowest BCUT2D eigenvalue weighted by molar-refractivity contribution is 0.686. The number of rotatable bonds is 6. The van der Waals surface area contributed by atoms with Gasteiger partial charge in [-0.25, -0.2) is 0 Å². The third kappa shape index (κ3) is 4.50. The minimum Gasteiger partial charge on any atom is -0.311 e. The molecule has 26 heavy (non-hydrogen) atoms. The van der Waals surface area contributed by atoms with Gasteiger partial charge in [0.05, 0.1) is 6.54 Å². The molecule has 0 unspecified atom stereocenters. The summed E-state index contributed by atoms with van der Waals surface area (Å²) in [5.74, 6) is 0. The fraction of sp³-hybridized carbons (Fsp3) is 0.261. The zero-order valence-electron chi connectivity index (χ0n) is 15.8. The van der Waals surface area contributed by atoms with Crippen LogP contribution in [0.2, 0.25) is 0 Å². The number of aromatic nitrogens is 1. The highest BCUT2D eigenvalue weighted by Gasteiger charge is 2.04. The molecular formula is C23H26N2O. The second-order valence-corrected chi connectivity index (χ2v) is 6.96. The van der Waals surface area contributed by atoms with Crippen LogP contribution in [0.5, 0.6) is 0 Å². The third-order valence-electron chi connectivity index (χ3n) is 4.75. The van der Waals surface area contributed by atoms with E-state index in [2.05, 4.69) is 62.5 Å². The van der Waals surface area contributed by atoms with E-state index in [1.165, 1.54) is 27.8 Å². The Morgan fingerprint density at radius 3 is 2.15 bits per heavy atom. The van der Waals surface area contributed by atoms with Crippen LogP contribution in [-0.2, 0) is 19.6 Å². The van der Waals surface area contributed by atoms with Crippen molar-refractivity contribution in [1.82, 2.24) is 9.88 Å². The summed E-state index contributed by atoms with van der Waals surface area (Å²) in [5.41, 5.74) is 7.80. The molecule has 0 bridgehead atoms. The summed E-state index contributed by atoms with van der Waals surface area (Å²) in [6.07, 6.45) is 1.82. The average molecular weight is 346 g/mol. The topological polar surface area (TPSA) is 34.0 Å². The third-order valence-corrected chi connectivity index (χ3v) is 4.75. The molecule has 0 amide bonds. The van der Waals surface area contributed by atoms with Crippen LogP contribution in [0.15, 0.2) is 65.6 Å². The zero-order chi connectivity index (χ0) is 18.5. The minimum atomic E-state index is 0.0297. The summed E-state index contributed by atoms with van der Waals surface area (Å²) in [6.45, 7) is 8.81. The quantitative estimate of drug-likeness (QED) is 0.729. The van der Waals surface area contributed by atoms with Gasteiger partial charge in [0.25, 0.3) is 5.56 Å². The van der Waals surface area contributed by atoms with Gasteiger partial charge in [0, 0.05) is 25.4 Å². The smallest absolute Gasteiger partial charge is 0.250 e. The first-order chi connectivity index (χ1) is 12.5. The van der Waals surface area contributed by atoms with Crippen LogP contribution in [0.4, 0.5) is 0 Å². The lowest BCUT2D eigenvalue weighted by atomic mass is 10.00. The predicted molar refractivity (Wildman–Crippen MR) is 107 cm³/mol. The lowest BCUT2D eigenvalue weighted by Gasteiger charge is -2.13. The fourth-order valence-corrected chi connectivity index (χ4v) is 3.37. The summed E-state index contributed by atoms with van der Waals surface area (Å²) in [6, 6.07) is 18.2. The van der Waals surface area contributed by atoms with E-state index in [0.717, 1.165) is 18.7 Å². The molecular weight excluding hydrogens is 320 g/mol. The van der Waals surface area contributed by atoms with E-state index in [1.54, 1.807) is 16.7 Å². The van der Waals surface area contributed by atoms with Crippen molar-refractivity contribution in [1.29, 1.82) is 0 Å². The van der Waals surface area contributed by atoms with Gasteiger partial charge >= 0.3 is 0 Å².